The fourth-order valence-corrected chi connectivity index (χ4v) is 4.42. The van der Waals surface area contributed by atoms with Crippen molar-refractivity contribution in [3.05, 3.63) is 99.2 Å². The van der Waals surface area contributed by atoms with Crippen LogP contribution in [0.15, 0.2) is 99.2 Å². The summed E-state index contributed by atoms with van der Waals surface area (Å²) in [5.41, 5.74) is 1.46. The number of carbonyl (C=O) groups excluding carboxylic acids is 8. The molecule has 0 aliphatic carbocycles. The third-order valence-corrected chi connectivity index (χ3v) is 7.85. The fraction of sp³-hybridized carbons (Fsp3) is 0.520. The minimum Gasteiger partial charge on any atom is -0.460 e. The lowest BCUT2D eigenvalue weighted by molar-refractivity contribution is -0.150. The van der Waals surface area contributed by atoms with Crippen LogP contribution in [0, 0.1) is 0 Å². The van der Waals surface area contributed by atoms with E-state index >= 15 is 0 Å². The van der Waals surface area contributed by atoms with Crippen LogP contribution < -0.4 is 0 Å². The molecular formula is C50H76O16. The van der Waals surface area contributed by atoms with Crippen LogP contribution in [-0.4, -0.2) is 96.6 Å². The predicted molar refractivity (Wildman–Crippen MR) is 252 cm³/mol. The Bertz CT molecular complexity index is 1570. The van der Waals surface area contributed by atoms with E-state index in [0.717, 1.165) is 24.3 Å². The van der Waals surface area contributed by atoms with Gasteiger partial charge in [-0.25, -0.2) is 38.4 Å². The molecule has 0 heterocycles. The molecule has 0 aliphatic heterocycles. The quantitative estimate of drug-likeness (QED) is 0.0451. The van der Waals surface area contributed by atoms with E-state index in [2.05, 4.69) is 52.6 Å². The predicted octanol–water partition coefficient (Wildman–Crippen LogP) is 8.79. The monoisotopic (exact) mass is 933 g/mol. The molecule has 372 valence electrons. The Hall–Kier alpha value is -6.32. The normalized spacial score (nSPS) is 13.4. The molecule has 0 saturated heterocycles. The van der Waals surface area contributed by atoms with E-state index in [1.54, 1.807) is 83.1 Å². The zero-order valence-corrected chi connectivity index (χ0v) is 41.4. The molecule has 0 fully saturated rings. The van der Waals surface area contributed by atoms with E-state index in [-0.39, 0.29) is 48.8 Å². The first kappa shape index (κ1) is 66.3. The van der Waals surface area contributed by atoms with Crippen LogP contribution in [0.25, 0.3) is 0 Å². The zero-order chi connectivity index (χ0) is 52.3. The van der Waals surface area contributed by atoms with Crippen molar-refractivity contribution in [1.29, 1.82) is 0 Å². The number of carbonyl (C=O) groups is 8. The summed E-state index contributed by atoms with van der Waals surface area (Å²) in [6.45, 7) is 47.6. The van der Waals surface area contributed by atoms with Gasteiger partial charge in [-0.15, -0.1) is 0 Å². The second-order valence-corrected chi connectivity index (χ2v) is 15.4. The summed E-state index contributed by atoms with van der Waals surface area (Å²) in [5, 5.41) is 0. The molecule has 0 spiro atoms. The molecule has 16 heteroatoms. The molecule has 0 radical (unpaired) electrons. The highest BCUT2D eigenvalue weighted by atomic mass is 16.6. The van der Waals surface area contributed by atoms with Gasteiger partial charge in [0.15, 0.2) is 0 Å². The van der Waals surface area contributed by atoms with Gasteiger partial charge in [-0.2, -0.15) is 0 Å². The SMILES string of the molecule is C=C(C)C(=O)OC(C)CC(C)OC(=O)C(=C)C.C=C(C)C(=O)OC(C)CCC(C)OC(=O)C(=C)C.C=CC(=O)OC(C)CC(C)OC(=O)C=C.C=CC(=O)OC(C)CCC(C)OC(=O)C=C. The molecule has 66 heavy (non-hydrogen) atoms. The van der Waals surface area contributed by atoms with Crippen molar-refractivity contribution in [2.75, 3.05) is 0 Å². The second kappa shape index (κ2) is 38.0. The molecule has 0 rings (SSSR count). The summed E-state index contributed by atoms with van der Waals surface area (Å²) in [7, 11) is 0. The molecule has 0 aromatic heterocycles. The van der Waals surface area contributed by atoms with Gasteiger partial charge in [-0.1, -0.05) is 52.6 Å². The van der Waals surface area contributed by atoms with Crippen LogP contribution in [0.1, 0.15) is 122 Å². The summed E-state index contributed by atoms with van der Waals surface area (Å²) < 4.78 is 40.1. The Morgan fingerprint density at radius 1 is 0.318 bits per heavy atom. The Kier molecular flexibility index (Phi) is 38.2. The maximum Gasteiger partial charge on any atom is 0.333 e. The highest BCUT2D eigenvalue weighted by Crippen LogP contribution is 2.12. The van der Waals surface area contributed by atoms with E-state index < -0.39 is 47.8 Å². The van der Waals surface area contributed by atoms with Gasteiger partial charge < -0.3 is 37.9 Å². The molecule has 0 aliphatic rings. The lowest BCUT2D eigenvalue weighted by Crippen LogP contribution is -2.23. The fourth-order valence-electron chi connectivity index (χ4n) is 4.42. The second-order valence-electron chi connectivity index (χ2n) is 15.4. The summed E-state index contributed by atoms with van der Waals surface area (Å²) in [5.74, 6) is -3.50. The largest absolute Gasteiger partial charge is 0.460 e. The van der Waals surface area contributed by atoms with Crippen LogP contribution >= 0.6 is 0 Å². The van der Waals surface area contributed by atoms with Gasteiger partial charge in [0.1, 0.15) is 24.4 Å². The molecular weight excluding hydrogens is 857 g/mol. The molecule has 0 aromatic rings. The Labute approximate surface area is 392 Å². The first-order chi connectivity index (χ1) is 30.4. The molecule has 0 saturated carbocycles. The van der Waals surface area contributed by atoms with Crippen LogP contribution in [0.4, 0.5) is 0 Å². The molecule has 8 atom stereocenters. The van der Waals surface area contributed by atoms with Gasteiger partial charge in [0.2, 0.25) is 0 Å². The summed E-state index contributed by atoms with van der Waals surface area (Å²) in [4.78, 5) is 88.3. The van der Waals surface area contributed by atoms with Crippen molar-refractivity contribution < 1.29 is 76.3 Å². The highest BCUT2D eigenvalue weighted by molar-refractivity contribution is 5.88. The van der Waals surface area contributed by atoms with Crippen LogP contribution in [0.5, 0.6) is 0 Å². The number of ether oxygens (including phenoxy) is 8. The number of hydrogen-bond donors (Lipinski definition) is 0. The third-order valence-electron chi connectivity index (χ3n) is 7.85. The molecule has 8 unspecified atom stereocenters. The highest BCUT2D eigenvalue weighted by Gasteiger charge is 2.18. The lowest BCUT2D eigenvalue weighted by Gasteiger charge is -2.18. The molecule has 0 bridgehead atoms. The van der Waals surface area contributed by atoms with Gasteiger partial charge in [-0.05, 0) is 109 Å². The van der Waals surface area contributed by atoms with Crippen LogP contribution in [0.3, 0.4) is 0 Å². The molecule has 0 amide bonds. The van der Waals surface area contributed by atoms with Gasteiger partial charge >= 0.3 is 47.8 Å². The Balaban J connectivity index is -0.000000389. The molecule has 0 N–H and O–H groups in total. The summed E-state index contributed by atoms with van der Waals surface area (Å²) >= 11 is 0. The maximum atomic E-state index is 11.2. The first-order valence-corrected chi connectivity index (χ1v) is 21.2. The average Bonchev–Trinajstić information content (AvgIpc) is 3.21. The number of hydrogen-bond acceptors (Lipinski definition) is 16. The minimum atomic E-state index is -0.482. The van der Waals surface area contributed by atoms with E-state index in [9.17, 15) is 38.4 Å². The van der Waals surface area contributed by atoms with Crippen molar-refractivity contribution in [2.24, 2.45) is 0 Å². The number of esters is 8. The van der Waals surface area contributed by atoms with Crippen molar-refractivity contribution >= 4 is 47.8 Å². The van der Waals surface area contributed by atoms with Gasteiger partial charge in [-0.3, -0.25) is 0 Å². The first-order valence-electron chi connectivity index (χ1n) is 21.2. The zero-order valence-electron chi connectivity index (χ0n) is 41.4. The molecule has 0 aromatic carbocycles. The summed E-state index contributed by atoms with van der Waals surface area (Å²) in [6, 6.07) is 0. The van der Waals surface area contributed by atoms with Crippen LogP contribution in [0.2, 0.25) is 0 Å². The lowest BCUT2D eigenvalue weighted by atomic mass is 10.1. The van der Waals surface area contributed by atoms with Gasteiger partial charge in [0.25, 0.3) is 0 Å². The van der Waals surface area contributed by atoms with Gasteiger partial charge in [0, 0.05) is 59.4 Å². The standard InChI is InChI=1S/C14H22O4.C13H20O4.C12H18O4.C11H16O4/c1-9(2)13(15)17-11(5)7-8-12(6)18-14(16)10(3)4;1-8(2)12(14)16-10(5)7-11(6)17-13(15)9(3)4;1-5-11(13)15-9(3)7-8-10(4)16-12(14)6-2;1-5-10(12)14-8(3)7-9(4)15-11(13)6-2/h11-12H,1,3,7-8H2,2,4-6H3;10-11H,1,3,7H2,2,4-6H3;5-6,9-10H,1-2,7-8H2,3-4H3;5-6,8-9H,1-2,7H2,3-4H3. The minimum absolute atomic E-state index is 0.213. The Morgan fingerprint density at radius 3 is 0.652 bits per heavy atom. The number of rotatable bonds is 26. The van der Waals surface area contributed by atoms with Crippen molar-refractivity contribution in [3.8, 4) is 0 Å². The summed E-state index contributed by atoms with van der Waals surface area (Å²) in [6.07, 6.45) is 5.68. The van der Waals surface area contributed by atoms with Crippen molar-refractivity contribution in [3.63, 3.8) is 0 Å². The van der Waals surface area contributed by atoms with E-state index in [4.69, 9.17) is 37.9 Å². The molecule has 16 nitrogen and oxygen atoms in total. The average molecular weight is 933 g/mol. The van der Waals surface area contributed by atoms with Crippen molar-refractivity contribution in [2.45, 2.75) is 170 Å². The Morgan fingerprint density at radius 2 is 0.470 bits per heavy atom. The van der Waals surface area contributed by atoms with E-state index in [1.807, 2.05) is 0 Å². The smallest absolute Gasteiger partial charge is 0.333 e. The topological polar surface area (TPSA) is 210 Å². The van der Waals surface area contributed by atoms with E-state index in [0.29, 0.717) is 60.8 Å². The van der Waals surface area contributed by atoms with Crippen molar-refractivity contribution in [1.82, 2.24) is 0 Å². The third kappa shape index (κ3) is 40.5. The maximum absolute atomic E-state index is 11.2. The van der Waals surface area contributed by atoms with Crippen LogP contribution in [-0.2, 0) is 76.3 Å². The van der Waals surface area contributed by atoms with Gasteiger partial charge in [0.05, 0.1) is 24.4 Å². The van der Waals surface area contributed by atoms with E-state index in [1.165, 1.54) is 0 Å².